The van der Waals surface area contributed by atoms with Crippen molar-refractivity contribution in [2.45, 2.75) is 19.4 Å². The van der Waals surface area contributed by atoms with Crippen LogP contribution in [0, 0.1) is 6.92 Å². The largest absolute Gasteiger partial charge is 0.480 e. The third-order valence-corrected chi connectivity index (χ3v) is 3.06. The molecule has 1 atom stereocenters. The van der Waals surface area contributed by atoms with Crippen LogP contribution in [0.1, 0.15) is 11.4 Å². The number of nitrogens with one attached hydrogen (secondary N) is 2. The third kappa shape index (κ3) is 2.39. The van der Waals surface area contributed by atoms with Gasteiger partial charge in [-0.15, -0.1) is 5.10 Å². The van der Waals surface area contributed by atoms with Crippen molar-refractivity contribution in [2.75, 3.05) is 5.32 Å². The van der Waals surface area contributed by atoms with Crippen molar-refractivity contribution in [1.29, 1.82) is 0 Å². The number of carbonyl (C=O) groups excluding carboxylic acids is 1. The maximum absolute atomic E-state index is 12.0. The molecule has 1 aromatic carbocycles. The summed E-state index contributed by atoms with van der Waals surface area (Å²) in [6.45, 7) is 1.76. The number of ether oxygens (including phenoxy) is 1. The second-order valence-corrected chi connectivity index (χ2v) is 4.73. The summed E-state index contributed by atoms with van der Waals surface area (Å²) < 4.78 is 5.57. The monoisotopic (exact) mass is 278 g/mol. The van der Waals surface area contributed by atoms with Crippen LogP contribution in [0.5, 0.6) is 5.75 Å². The van der Waals surface area contributed by atoms with Gasteiger partial charge in [0.2, 0.25) is 5.95 Å². The fourth-order valence-electron chi connectivity index (χ4n) is 1.95. The number of hydrogen-bond acceptors (Lipinski definition) is 4. The van der Waals surface area contributed by atoms with E-state index in [9.17, 15) is 4.79 Å². The summed E-state index contributed by atoms with van der Waals surface area (Å²) >= 11 is 5.90. The van der Waals surface area contributed by atoms with E-state index < -0.39 is 6.10 Å². The normalized spacial score (nSPS) is 16.8. The molecule has 2 N–H and O–H groups in total. The number of fused-ring (bicyclic) bond motifs is 1. The van der Waals surface area contributed by atoms with Crippen LogP contribution in [-0.4, -0.2) is 27.2 Å². The van der Waals surface area contributed by atoms with Gasteiger partial charge < -0.3 is 4.74 Å². The second-order valence-electron chi connectivity index (χ2n) is 4.30. The zero-order valence-corrected chi connectivity index (χ0v) is 10.9. The lowest BCUT2D eigenvalue weighted by Crippen LogP contribution is -2.31. The number of aryl methyl sites for hydroxylation is 1. The molecule has 0 spiro atoms. The average Bonchev–Trinajstić information content (AvgIpc) is 2.95. The van der Waals surface area contributed by atoms with Crippen LogP contribution in [0.25, 0.3) is 0 Å². The van der Waals surface area contributed by atoms with Gasteiger partial charge in [-0.1, -0.05) is 11.6 Å². The maximum atomic E-state index is 12.0. The van der Waals surface area contributed by atoms with E-state index in [0.29, 0.717) is 23.0 Å². The predicted molar refractivity (Wildman–Crippen MR) is 69.3 cm³/mol. The molecule has 2 aromatic rings. The zero-order valence-electron chi connectivity index (χ0n) is 10.1. The Morgan fingerprint density at radius 3 is 3.16 bits per heavy atom. The standard InChI is InChI=1S/C12H11ClN4O2/c1-6-14-12(17-16-6)15-11(18)10-5-7-4-8(13)2-3-9(7)19-10/h2-4,10H,5H2,1H3,(H2,14,15,16,17,18). The first-order valence-corrected chi connectivity index (χ1v) is 6.14. The molecule has 7 heteroatoms. The molecule has 0 saturated carbocycles. The number of halogens is 1. The molecule has 0 radical (unpaired) electrons. The Morgan fingerprint density at radius 1 is 1.58 bits per heavy atom. The number of carbonyl (C=O) groups is 1. The molecule has 98 valence electrons. The van der Waals surface area contributed by atoms with E-state index in [1.54, 1.807) is 25.1 Å². The maximum Gasteiger partial charge on any atom is 0.268 e. The van der Waals surface area contributed by atoms with Crippen molar-refractivity contribution >= 4 is 23.5 Å². The van der Waals surface area contributed by atoms with E-state index in [2.05, 4.69) is 20.5 Å². The molecule has 1 amide bonds. The minimum atomic E-state index is -0.577. The quantitative estimate of drug-likeness (QED) is 0.876. The van der Waals surface area contributed by atoms with Crippen molar-refractivity contribution in [3.63, 3.8) is 0 Å². The van der Waals surface area contributed by atoms with E-state index in [4.69, 9.17) is 16.3 Å². The van der Waals surface area contributed by atoms with Gasteiger partial charge in [0.1, 0.15) is 11.6 Å². The lowest BCUT2D eigenvalue weighted by Gasteiger charge is -2.08. The molecular weight excluding hydrogens is 268 g/mol. The van der Waals surface area contributed by atoms with Crippen LogP contribution in [-0.2, 0) is 11.2 Å². The number of amides is 1. The van der Waals surface area contributed by atoms with Gasteiger partial charge in [-0.3, -0.25) is 15.2 Å². The zero-order chi connectivity index (χ0) is 13.4. The molecule has 19 heavy (non-hydrogen) atoms. The highest BCUT2D eigenvalue weighted by Gasteiger charge is 2.29. The summed E-state index contributed by atoms with van der Waals surface area (Å²) in [5.74, 6) is 1.31. The van der Waals surface area contributed by atoms with Crippen molar-refractivity contribution in [3.05, 3.63) is 34.6 Å². The van der Waals surface area contributed by atoms with E-state index in [1.165, 1.54) is 0 Å². The number of nitrogens with zero attached hydrogens (tertiary/aromatic N) is 2. The van der Waals surface area contributed by atoms with Gasteiger partial charge in [0.15, 0.2) is 6.10 Å². The molecule has 0 saturated heterocycles. The fraction of sp³-hybridized carbons (Fsp3) is 0.250. The van der Waals surface area contributed by atoms with E-state index in [0.717, 1.165) is 5.56 Å². The third-order valence-electron chi connectivity index (χ3n) is 2.82. The van der Waals surface area contributed by atoms with Crippen LogP contribution in [0.2, 0.25) is 5.02 Å². The minimum absolute atomic E-state index is 0.250. The van der Waals surface area contributed by atoms with Gasteiger partial charge in [0, 0.05) is 11.4 Å². The Morgan fingerprint density at radius 2 is 2.42 bits per heavy atom. The molecule has 3 rings (SSSR count). The summed E-state index contributed by atoms with van der Waals surface area (Å²) in [6, 6.07) is 5.31. The summed E-state index contributed by atoms with van der Waals surface area (Å²) in [6.07, 6.45) is -0.0854. The molecule has 1 aliphatic rings. The van der Waals surface area contributed by atoms with Crippen LogP contribution in [0.15, 0.2) is 18.2 Å². The molecule has 1 aromatic heterocycles. The van der Waals surface area contributed by atoms with Crippen molar-refractivity contribution in [1.82, 2.24) is 15.2 Å². The van der Waals surface area contributed by atoms with Crippen LogP contribution >= 0.6 is 11.6 Å². The topological polar surface area (TPSA) is 79.9 Å². The first kappa shape index (κ1) is 12.0. The summed E-state index contributed by atoms with van der Waals surface area (Å²) in [4.78, 5) is 16.0. The Labute approximate surface area is 114 Å². The van der Waals surface area contributed by atoms with Crippen molar-refractivity contribution in [2.24, 2.45) is 0 Å². The van der Waals surface area contributed by atoms with Crippen LogP contribution < -0.4 is 10.1 Å². The number of H-pyrrole nitrogens is 1. The van der Waals surface area contributed by atoms with Gasteiger partial charge in [-0.25, -0.2) is 0 Å². The van der Waals surface area contributed by atoms with Crippen LogP contribution in [0.4, 0.5) is 5.95 Å². The summed E-state index contributed by atoms with van der Waals surface area (Å²) in [7, 11) is 0. The van der Waals surface area contributed by atoms with Crippen molar-refractivity contribution < 1.29 is 9.53 Å². The van der Waals surface area contributed by atoms with Gasteiger partial charge in [-0.2, -0.15) is 4.98 Å². The second kappa shape index (κ2) is 4.55. The minimum Gasteiger partial charge on any atom is -0.480 e. The number of aromatic amines is 1. The lowest BCUT2D eigenvalue weighted by atomic mass is 10.1. The van der Waals surface area contributed by atoms with Gasteiger partial charge in [0.05, 0.1) is 0 Å². The van der Waals surface area contributed by atoms with E-state index >= 15 is 0 Å². The molecule has 1 aliphatic heterocycles. The smallest absolute Gasteiger partial charge is 0.268 e. The summed E-state index contributed by atoms with van der Waals surface area (Å²) in [5, 5.41) is 9.74. The van der Waals surface area contributed by atoms with Gasteiger partial charge in [-0.05, 0) is 30.7 Å². The highest BCUT2D eigenvalue weighted by atomic mass is 35.5. The molecular formula is C12H11ClN4O2. The first-order valence-electron chi connectivity index (χ1n) is 5.77. The molecule has 0 bridgehead atoms. The highest BCUT2D eigenvalue weighted by molar-refractivity contribution is 6.30. The first-order chi connectivity index (χ1) is 9.11. The predicted octanol–water partition coefficient (Wildman–Crippen LogP) is 1.71. The Balaban J connectivity index is 1.70. The SMILES string of the molecule is Cc1nc(NC(=O)C2Cc3cc(Cl)ccc3O2)n[nH]1. The average molecular weight is 279 g/mol. The Hall–Kier alpha value is -2.08. The lowest BCUT2D eigenvalue weighted by molar-refractivity contribution is -0.122. The number of aromatic nitrogens is 3. The molecule has 0 aliphatic carbocycles. The van der Waals surface area contributed by atoms with Crippen LogP contribution in [0.3, 0.4) is 0 Å². The number of anilines is 1. The van der Waals surface area contributed by atoms with Gasteiger partial charge in [0.25, 0.3) is 5.91 Å². The molecule has 2 heterocycles. The number of hydrogen-bond donors (Lipinski definition) is 2. The van der Waals surface area contributed by atoms with Gasteiger partial charge >= 0.3 is 0 Å². The van der Waals surface area contributed by atoms with E-state index in [-0.39, 0.29) is 11.9 Å². The molecule has 6 nitrogen and oxygen atoms in total. The number of benzene rings is 1. The Kier molecular flexibility index (Phi) is 2.87. The van der Waals surface area contributed by atoms with E-state index in [1.807, 2.05) is 0 Å². The summed E-state index contributed by atoms with van der Waals surface area (Å²) in [5.41, 5.74) is 0.929. The Bertz CT molecular complexity index is 640. The number of rotatable bonds is 2. The van der Waals surface area contributed by atoms with Crippen molar-refractivity contribution in [3.8, 4) is 5.75 Å². The molecule has 1 unspecified atom stereocenters. The highest BCUT2D eigenvalue weighted by Crippen LogP contribution is 2.31. The molecule has 0 fully saturated rings. The fourth-order valence-corrected chi connectivity index (χ4v) is 2.15.